The van der Waals surface area contributed by atoms with Gasteiger partial charge in [0, 0.05) is 16.8 Å². The summed E-state index contributed by atoms with van der Waals surface area (Å²) < 4.78 is 0.727. The number of hydrogen-bond donors (Lipinski definition) is 1. The first-order chi connectivity index (χ1) is 9.25. The molecule has 0 atom stereocenters. The molecular formula is C15H15ClN2S. The van der Waals surface area contributed by atoms with Crippen LogP contribution >= 0.6 is 23.8 Å². The SMILES string of the molecule is S=c1nc(-c2ccccc2Cl)[nH]c2c1CCCCC2. The van der Waals surface area contributed by atoms with Crippen LogP contribution < -0.4 is 0 Å². The van der Waals surface area contributed by atoms with Crippen LogP contribution in [0.1, 0.15) is 30.5 Å². The third-order valence-electron chi connectivity index (χ3n) is 3.59. The maximum absolute atomic E-state index is 6.23. The molecule has 1 aromatic heterocycles. The molecule has 1 heterocycles. The Balaban J connectivity index is 2.15. The molecule has 0 fully saturated rings. The van der Waals surface area contributed by atoms with E-state index >= 15 is 0 Å². The summed E-state index contributed by atoms with van der Waals surface area (Å²) in [5.74, 6) is 0.788. The number of nitrogens with one attached hydrogen (secondary N) is 1. The smallest absolute Gasteiger partial charge is 0.140 e. The minimum Gasteiger partial charge on any atom is -0.343 e. The highest BCUT2D eigenvalue weighted by Gasteiger charge is 2.13. The molecule has 0 radical (unpaired) electrons. The van der Waals surface area contributed by atoms with Crippen LogP contribution in [0.5, 0.6) is 0 Å². The molecule has 2 nitrogen and oxygen atoms in total. The average Bonchev–Trinajstić information content (AvgIpc) is 2.65. The van der Waals surface area contributed by atoms with Gasteiger partial charge in [-0.05, 0) is 37.8 Å². The van der Waals surface area contributed by atoms with Crippen molar-refractivity contribution < 1.29 is 0 Å². The predicted molar refractivity (Wildman–Crippen MR) is 81.1 cm³/mol. The molecule has 98 valence electrons. The van der Waals surface area contributed by atoms with E-state index in [2.05, 4.69) is 9.97 Å². The van der Waals surface area contributed by atoms with Gasteiger partial charge in [-0.25, -0.2) is 4.98 Å². The van der Waals surface area contributed by atoms with Gasteiger partial charge >= 0.3 is 0 Å². The number of aromatic amines is 1. The maximum atomic E-state index is 6.23. The van der Waals surface area contributed by atoms with Crippen molar-refractivity contribution in [3.8, 4) is 11.4 Å². The number of halogens is 1. The second kappa shape index (κ2) is 5.43. The van der Waals surface area contributed by atoms with Crippen LogP contribution in [0.3, 0.4) is 0 Å². The largest absolute Gasteiger partial charge is 0.343 e. The zero-order valence-electron chi connectivity index (χ0n) is 10.6. The minimum absolute atomic E-state index is 0.703. The van der Waals surface area contributed by atoms with E-state index in [1.54, 1.807) is 0 Å². The number of rotatable bonds is 1. The second-order valence-electron chi connectivity index (χ2n) is 4.89. The highest BCUT2D eigenvalue weighted by atomic mass is 35.5. The van der Waals surface area contributed by atoms with Crippen LogP contribution in [-0.4, -0.2) is 9.97 Å². The van der Waals surface area contributed by atoms with Crippen molar-refractivity contribution in [2.24, 2.45) is 0 Å². The van der Waals surface area contributed by atoms with E-state index in [9.17, 15) is 0 Å². The average molecular weight is 291 g/mol. The van der Waals surface area contributed by atoms with E-state index in [4.69, 9.17) is 23.8 Å². The van der Waals surface area contributed by atoms with Crippen molar-refractivity contribution in [2.75, 3.05) is 0 Å². The van der Waals surface area contributed by atoms with Crippen LogP contribution in [0.25, 0.3) is 11.4 Å². The number of hydrogen-bond acceptors (Lipinski definition) is 2. The quantitative estimate of drug-likeness (QED) is 0.608. The van der Waals surface area contributed by atoms with Gasteiger partial charge in [0.15, 0.2) is 0 Å². The topological polar surface area (TPSA) is 28.7 Å². The fourth-order valence-corrected chi connectivity index (χ4v) is 3.12. The molecule has 1 aliphatic rings. The fraction of sp³-hybridized carbons (Fsp3) is 0.333. The van der Waals surface area contributed by atoms with Gasteiger partial charge < -0.3 is 4.98 Å². The van der Waals surface area contributed by atoms with E-state index in [0.717, 1.165) is 28.9 Å². The summed E-state index contributed by atoms with van der Waals surface area (Å²) in [5.41, 5.74) is 3.39. The monoisotopic (exact) mass is 290 g/mol. The Kier molecular flexibility index (Phi) is 3.67. The van der Waals surface area contributed by atoms with Gasteiger partial charge in [-0.3, -0.25) is 0 Å². The van der Waals surface area contributed by atoms with Crippen molar-refractivity contribution in [2.45, 2.75) is 32.1 Å². The van der Waals surface area contributed by atoms with E-state index in [1.807, 2.05) is 24.3 Å². The zero-order valence-corrected chi connectivity index (χ0v) is 12.2. The minimum atomic E-state index is 0.703. The summed E-state index contributed by atoms with van der Waals surface area (Å²) in [4.78, 5) is 7.97. The molecule has 0 saturated heterocycles. The second-order valence-corrected chi connectivity index (χ2v) is 5.68. The number of aromatic nitrogens is 2. The normalized spacial score (nSPS) is 14.8. The summed E-state index contributed by atoms with van der Waals surface area (Å²) in [7, 11) is 0. The molecule has 0 bridgehead atoms. The third kappa shape index (κ3) is 2.58. The molecule has 3 rings (SSSR count). The molecule has 0 spiro atoms. The molecular weight excluding hydrogens is 276 g/mol. The Hall–Kier alpha value is -1.19. The molecule has 1 aliphatic carbocycles. The van der Waals surface area contributed by atoms with Crippen molar-refractivity contribution in [1.82, 2.24) is 9.97 Å². The van der Waals surface area contributed by atoms with Gasteiger partial charge in [-0.15, -0.1) is 0 Å². The number of aryl methyl sites for hydroxylation is 1. The summed E-state index contributed by atoms with van der Waals surface area (Å²) >= 11 is 11.7. The molecule has 4 heteroatoms. The van der Waals surface area contributed by atoms with Crippen LogP contribution in [0.4, 0.5) is 0 Å². The lowest BCUT2D eigenvalue weighted by Gasteiger charge is -2.10. The Morgan fingerprint density at radius 2 is 1.89 bits per heavy atom. The predicted octanol–water partition coefficient (Wildman–Crippen LogP) is 4.73. The lowest BCUT2D eigenvalue weighted by atomic mass is 10.1. The van der Waals surface area contributed by atoms with E-state index in [0.29, 0.717) is 5.02 Å². The number of nitrogens with zero attached hydrogens (tertiary/aromatic N) is 1. The van der Waals surface area contributed by atoms with Gasteiger partial charge in [-0.1, -0.05) is 42.4 Å². The number of benzene rings is 1. The van der Waals surface area contributed by atoms with E-state index in [1.165, 1.54) is 30.5 Å². The van der Waals surface area contributed by atoms with Crippen LogP contribution in [0.15, 0.2) is 24.3 Å². The summed E-state index contributed by atoms with van der Waals surface area (Å²) in [6, 6.07) is 7.73. The highest BCUT2D eigenvalue weighted by Crippen LogP contribution is 2.27. The Labute approximate surface area is 122 Å². The van der Waals surface area contributed by atoms with Crippen molar-refractivity contribution in [3.63, 3.8) is 0 Å². The molecule has 0 aliphatic heterocycles. The summed E-state index contributed by atoms with van der Waals surface area (Å²) in [6.07, 6.45) is 5.78. The standard InChI is InChI=1S/C15H15ClN2S/c16-12-8-5-4-6-10(12)14-17-13-9-3-1-2-7-11(13)15(19)18-14/h4-6,8H,1-3,7,9H2,(H,17,18,19). The molecule has 19 heavy (non-hydrogen) atoms. The highest BCUT2D eigenvalue weighted by molar-refractivity contribution is 7.71. The van der Waals surface area contributed by atoms with Gasteiger partial charge in [0.25, 0.3) is 0 Å². The first-order valence-corrected chi connectivity index (χ1v) is 7.41. The van der Waals surface area contributed by atoms with Crippen LogP contribution in [-0.2, 0) is 12.8 Å². The molecule has 0 unspecified atom stereocenters. The van der Waals surface area contributed by atoms with Crippen molar-refractivity contribution >= 4 is 23.8 Å². The summed E-state index contributed by atoms with van der Waals surface area (Å²) in [5, 5.41) is 0.703. The zero-order chi connectivity index (χ0) is 13.2. The van der Waals surface area contributed by atoms with Gasteiger partial charge in [-0.2, -0.15) is 0 Å². The maximum Gasteiger partial charge on any atom is 0.140 e. The van der Waals surface area contributed by atoms with E-state index < -0.39 is 0 Å². The van der Waals surface area contributed by atoms with Gasteiger partial charge in [0.05, 0.1) is 5.02 Å². The first-order valence-electron chi connectivity index (χ1n) is 6.62. The number of H-pyrrole nitrogens is 1. The van der Waals surface area contributed by atoms with E-state index in [-0.39, 0.29) is 0 Å². The van der Waals surface area contributed by atoms with Gasteiger partial charge in [0.1, 0.15) is 10.5 Å². The number of fused-ring (bicyclic) bond motifs is 1. The van der Waals surface area contributed by atoms with Crippen LogP contribution in [0.2, 0.25) is 5.02 Å². The molecule has 0 saturated carbocycles. The molecule has 2 aromatic rings. The van der Waals surface area contributed by atoms with Gasteiger partial charge in [0.2, 0.25) is 0 Å². The Bertz CT molecular complexity index is 663. The summed E-state index contributed by atoms with van der Waals surface area (Å²) in [6.45, 7) is 0. The lowest BCUT2D eigenvalue weighted by Crippen LogP contribution is -2.02. The fourth-order valence-electron chi connectivity index (χ4n) is 2.58. The molecule has 1 aromatic carbocycles. The molecule has 0 amide bonds. The third-order valence-corrected chi connectivity index (χ3v) is 4.25. The first kappa shape index (κ1) is 12.8. The van der Waals surface area contributed by atoms with Crippen molar-refractivity contribution in [1.29, 1.82) is 0 Å². The Morgan fingerprint density at radius 3 is 2.74 bits per heavy atom. The molecule has 1 N–H and O–H groups in total. The Morgan fingerprint density at radius 1 is 1.11 bits per heavy atom. The lowest BCUT2D eigenvalue weighted by molar-refractivity contribution is 0.708. The van der Waals surface area contributed by atoms with Crippen LogP contribution in [0, 0.1) is 4.64 Å². The van der Waals surface area contributed by atoms with Crippen molar-refractivity contribution in [3.05, 3.63) is 45.2 Å².